The average molecular weight is 307 g/mol. The molecule has 0 aliphatic rings. The molecule has 1 aromatic rings. The van der Waals surface area contributed by atoms with Crippen LogP contribution in [0.1, 0.15) is 9.49 Å². The molecule has 0 amide bonds. The van der Waals surface area contributed by atoms with Gasteiger partial charge in [-0.15, -0.1) is 0 Å². The fourth-order valence-corrected chi connectivity index (χ4v) is 1.71. The number of phenols is 1. The third-order valence-electron chi connectivity index (χ3n) is 1.81. The summed E-state index contributed by atoms with van der Waals surface area (Å²) in [6.07, 6.45) is 0. The van der Waals surface area contributed by atoms with Crippen molar-refractivity contribution in [2.75, 3.05) is 0 Å². The number of nitrogens with two attached hydrogens (primary N) is 1. The number of aliphatic carboxylic acids is 1. The lowest BCUT2D eigenvalue weighted by Crippen LogP contribution is -2.33. The van der Waals surface area contributed by atoms with Crippen LogP contribution in [0.5, 0.6) is 5.75 Å². The van der Waals surface area contributed by atoms with Crippen LogP contribution in [0.15, 0.2) is 24.3 Å². The van der Waals surface area contributed by atoms with Crippen LogP contribution in [-0.4, -0.2) is 22.2 Å². The van der Waals surface area contributed by atoms with Gasteiger partial charge < -0.3 is 15.9 Å². The normalized spacial score (nSPS) is 14.7. The van der Waals surface area contributed by atoms with Crippen molar-refractivity contribution in [2.24, 2.45) is 5.73 Å². The summed E-state index contributed by atoms with van der Waals surface area (Å²) in [4.78, 5) is 10.6. The van der Waals surface area contributed by atoms with Crippen molar-refractivity contribution in [3.8, 4) is 5.75 Å². The van der Waals surface area contributed by atoms with E-state index in [-0.39, 0.29) is 9.67 Å². The lowest BCUT2D eigenvalue weighted by molar-refractivity contribution is -0.138. The number of alkyl halides is 1. The Morgan fingerprint density at radius 1 is 1.36 bits per heavy atom. The van der Waals surface area contributed by atoms with E-state index in [9.17, 15) is 4.79 Å². The average Bonchev–Trinajstić information content (AvgIpc) is 2.16. The Morgan fingerprint density at radius 2 is 1.86 bits per heavy atom. The van der Waals surface area contributed by atoms with Gasteiger partial charge in [0.05, 0.1) is 3.92 Å². The van der Waals surface area contributed by atoms with Gasteiger partial charge in [0.1, 0.15) is 11.8 Å². The lowest BCUT2D eigenvalue weighted by Gasteiger charge is -2.14. The molecule has 4 nitrogen and oxygen atoms in total. The van der Waals surface area contributed by atoms with Gasteiger partial charge in [0.2, 0.25) is 0 Å². The highest BCUT2D eigenvalue weighted by molar-refractivity contribution is 14.1. The molecule has 1 aromatic carbocycles. The molecule has 0 bridgehead atoms. The van der Waals surface area contributed by atoms with Crippen molar-refractivity contribution in [3.05, 3.63) is 29.8 Å². The summed E-state index contributed by atoms with van der Waals surface area (Å²) in [7, 11) is 0. The van der Waals surface area contributed by atoms with Gasteiger partial charge in [0.15, 0.2) is 0 Å². The number of hydrogen-bond donors (Lipinski definition) is 3. The van der Waals surface area contributed by atoms with Gasteiger partial charge in [-0.2, -0.15) is 0 Å². The zero-order valence-electron chi connectivity index (χ0n) is 7.22. The van der Waals surface area contributed by atoms with Crippen LogP contribution < -0.4 is 5.73 Å². The van der Waals surface area contributed by atoms with Crippen molar-refractivity contribution >= 4 is 28.6 Å². The van der Waals surface area contributed by atoms with E-state index >= 15 is 0 Å². The van der Waals surface area contributed by atoms with Crippen molar-refractivity contribution in [2.45, 2.75) is 9.97 Å². The Bertz CT molecular complexity index is 325. The second-order valence-electron chi connectivity index (χ2n) is 2.86. The quantitative estimate of drug-likeness (QED) is 0.580. The number of hydrogen-bond acceptors (Lipinski definition) is 3. The van der Waals surface area contributed by atoms with Crippen LogP contribution in [-0.2, 0) is 4.79 Å². The SMILES string of the molecule is N[C@H](C(=O)O)C(I)c1ccc(O)cc1. The summed E-state index contributed by atoms with van der Waals surface area (Å²) in [5.74, 6) is -0.876. The summed E-state index contributed by atoms with van der Waals surface area (Å²) < 4.78 is -0.300. The monoisotopic (exact) mass is 307 g/mol. The Hall–Kier alpha value is -0.820. The standard InChI is InChI=1S/C9H10INO3/c10-7(8(11)9(13)14)5-1-3-6(12)4-2-5/h1-4,7-8,12H,11H2,(H,13,14)/t7?,8-/m0/s1. The maximum atomic E-state index is 10.6. The van der Waals surface area contributed by atoms with Gasteiger partial charge >= 0.3 is 5.97 Å². The van der Waals surface area contributed by atoms with Crippen LogP contribution in [0, 0.1) is 0 Å². The molecule has 2 atom stereocenters. The molecule has 14 heavy (non-hydrogen) atoms. The van der Waals surface area contributed by atoms with E-state index in [0.717, 1.165) is 5.56 Å². The van der Waals surface area contributed by atoms with Gasteiger partial charge in [-0.25, -0.2) is 0 Å². The third kappa shape index (κ3) is 2.58. The second kappa shape index (κ2) is 4.61. The summed E-state index contributed by atoms with van der Waals surface area (Å²) in [6, 6.07) is 5.41. The van der Waals surface area contributed by atoms with Crippen LogP contribution in [0.3, 0.4) is 0 Å². The summed E-state index contributed by atoms with van der Waals surface area (Å²) in [5.41, 5.74) is 6.25. The molecular formula is C9H10INO3. The Labute approximate surface area is 94.9 Å². The van der Waals surface area contributed by atoms with E-state index in [1.165, 1.54) is 12.1 Å². The molecule has 0 radical (unpaired) electrons. The smallest absolute Gasteiger partial charge is 0.321 e. The van der Waals surface area contributed by atoms with Crippen LogP contribution in [0.2, 0.25) is 0 Å². The van der Waals surface area contributed by atoms with Gasteiger partial charge in [-0.05, 0) is 17.7 Å². The number of carbonyl (C=O) groups is 1. The first-order valence-electron chi connectivity index (χ1n) is 3.93. The Morgan fingerprint density at radius 3 is 2.29 bits per heavy atom. The summed E-state index contributed by atoms with van der Waals surface area (Å²) in [5, 5.41) is 17.7. The van der Waals surface area contributed by atoms with Crippen molar-refractivity contribution in [3.63, 3.8) is 0 Å². The molecule has 1 rings (SSSR count). The number of aromatic hydroxyl groups is 1. The number of carboxylic acid groups (broad SMARTS) is 1. The summed E-state index contributed by atoms with van der Waals surface area (Å²) in [6.45, 7) is 0. The highest BCUT2D eigenvalue weighted by atomic mass is 127. The molecule has 4 N–H and O–H groups in total. The first-order valence-corrected chi connectivity index (χ1v) is 5.18. The zero-order chi connectivity index (χ0) is 10.7. The first kappa shape index (κ1) is 11.3. The predicted octanol–water partition coefficient (Wildman–Crippen LogP) is 1.28. The van der Waals surface area contributed by atoms with Crippen LogP contribution in [0.4, 0.5) is 0 Å². The minimum absolute atomic E-state index is 0.154. The van der Waals surface area contributed by atoms with Crippen molar-refractivity contribution < 1.29 is 15.0 Å². The van der Waals surface area contributed by atoms with Gasteiger partial charge in [0.25, 0.3) is 0 Å². The molecule has 0 spiro atoms. The highest BCUT2D eigenvalue weighted by Crippen LogP contribution is 2.27. The van der Waals surface area contributed by atoms with Crippen molar-refractivity contribution in [1.82, 2.24) is 0 Å². The van der Waals surface area contributed by atoms with Crippen LogP contribution in [0.25, 0.3) is 0 Å². The molecule has 1 unspecified atom stereocenters. The molecule has 5 heteroatoms. The van der Waals surface area contributed by atoms with E-state index in [1.807, 2.05) is 22.6 Å². The highest BCUT2D eigenvalue weighted by Gasteiger charge is 2.22. The Kier molecular flexibility index (Phi) is 3.70. The molecule has 0 aliphatic carbocycles. The minimum Gasteiger partial charge on any atom is -0.508 e. The molecule has 0 aliphatic heterocycles. The number of carboxylic acids is 1. The maximum absolute atomic E-state index is 10.6. The van der Waals surface area contributed by atoms with Crippen molar-refractivity contribution in [1.29, 1.82) is 0 Å². The summed E-state index contributed by atoms with van der Waals surface area (Å²) >= 11 is 1.97. The molecule has 0 heterocycles. The van der Waals surface area contributed by atoms with E-state index in [4.69, 9.17) is 15.9 Å². The van der Waals surface area contributed by atoms with Crippen LogP contribution >= 0.6 is 22.6 Å². The largest absolute Gasteiger partial charge is 0.508 e. The molecule has 76 valence electrons. The minimum atomic E-state index is -1.03. The second-order valence-corrected chi connectivity index (χ2v) is 4.20. The number of benzene rings is 1. The topological polar surface area (TPSA) is 83.6 Å². The Balaban J connectivity index is 2.84. The van der Waals surface area contributed by atoms with E-state index in [0.29, 0.717) is 0 Å². The molecule has 0 aromatic heterocycles. The zero-order valence-corrected chi connectivity index (χ0v) is 9.38. The van der Waals surface area contributed by atoms with E-state index in [1.54, 1.807) is 12.1 Å². The maximum Gasteiger partial charge on any atom is 0.321 e. The van der Waals surface area contributed by atoms with Gasteiger partial charge in [-0.1, -0.05) is 34.7 Å². The predicted molar refractivity (Wildman–Crippen MR) is 60.5 cm³/mol. The number of rotatable bonds is 3. The molecule has 0 fully saturated rings. The fraction of sp³-hybridized carbons (Fsp3) is 0.222. The molecule has 0 saturated carbocycles. The van der Waals surface area contributed by atoms with E-state index < -0.39 is 12.0 Å². The first-order chi connectivity index (χ1) is 6.52. The van der Waals surface area contributed by atoms with Gasteiger partial charge in [0, 0.05) is 0 Å². The van der Waals surface area contributed by atoms with Gasteiger partial charge in [-0.3, -0.25) is 4.79 Å². The number of phenolic OH excluding ortho intramolecular Hbond substituents is 1. The molecular weight excluding hydrogens is 297 g/mol. The number of halogens is 1. The molecule has 0 saturated heterocycles. The van der Waals surface area contributed by atoms with E-state index in [2.05, 4.69) is 0 Å². The fourth-order valence-electron chi connectivity index (χ4n) is 0.991. The lowest BCUT2D eigenvalue weighted by atomic mass is 10.1. The third-order valence-corrected chi connectivity index (χ3v) is 3.31.